The second-order valence-corrected chi connectivity index (χ2v) is 11.4. The molecule has 0 amide bonds. The molecule has 0 heterocycles. The van der Waals surface area contributed by atoms with Gasteiger partial charge in [-0.15, -0.1) is 0 Å². The van der Waals surface area contributed by atoms with E-state index in [4.69, 9.17) is 14.2 Å². The van der Waals surface area contributed by atoms with Crippen molar-refractivity contribution >= 4 is 5.97 Å². The molecule has 3 aromatic carbocycles. The van der Waals surface area contributed by atoms with Crippen LogP contribution in [0.4, 0.5) is 4.39 Å². The van der Waals surface area contributed by atoms with E-state index in [-0.39, 0.29) is 29.7 Å². The lowest BCUT2D eigenvalue weighted by atomic mass is 9.81. The normalized spacial score (nSPS) is 15.0. The third-order valence-corrected chi connectivity index (χ3v) is 7.26. The van der Waals surface area contributed by atoms with Crippen LogP contribution in [0.25, 0.3) is 11.1 Å². The molecular formula is C33H39FO5. The highest BCUT2D eigenvalue weighted by Crippen LogP contribution is 2.45. The fraction of sp³-hybridized carbons (Fsp3) is 0.424. The van der Waals surface area contributed by atoms with Gasteiger partial charge in [-0.25, -0.2) is 4.39 Å². The maximum absolute atomic E-state index is 15.1. The van der Waals surface area contributed by atoms with Crippen LogP contribution in [0.2, 0.25) is 0 Å². The molecule has 0 unspecified atom stereocenters. The Bertz CT molecular complexity index is 1290. The van der Waals surface area contributed by atoms with Gasteiger partial charge in [0.2, 0.25) is 0 Å². The number of aliphatic carboxylic acids is 1. The molecule has 5 nitrogen and oxygen atoms in total. The Balaban J connectivity index is 1.65. The van der Waals surface area contributed by atoms with Crippen molar-refractivity contribution in [3.63, 3.8) is 0 Å². The van der Waals surface area contributed by atoms with Gasteiger partial charge in [0.1, 0.15) is 23.9 Å². The average molecular weight is 535 g/mol. The number of rotatable bonds is 12. The molecule has 208 valence electrons. The van der Waals surface area contributed by atoms with Gasteiger partial charge in [-0.1, -0.05) is 45.0 Å². The summed E-state index contributed by atoms with van der Waals surface area (Å²) in [6.07, 6.45) is 1.99. The Labute approximate surface area is 230 Å². The smallest absolute Gasteiger partial charge is 0.303 e. The maximum Gasteiger partial charge on any atom is 0.303 e. The highest BCUT2D eigenvalue weighted by Gasteiger charge is 2.34. The summed E-state index contributed by atoms with van der Waals surface area (Å²) in [4.78, 5) is 11.4. The molecule has 0 aliphatic heterocycles. The largest absolute Gasteiger partial charge is 0.497 e. The third kappa shape index (κ3) is 7.18. The third-order valence-electron chi connectivity index (χ3n) is 7.26. The summed E-state index contributed by atoms with van der Waals surface area (Å²) in [6, 6.07) is 18.4. The van der Waals surface area contributed by atoms with Crippen LogP contribution in [0.1, 0.15) is 75.7 Å². The van der Waals surface area contributed by atoms with E-state index in [1.165, 1.54) is 6.07 Å². The molecule has 39 heavy (non-hydrogen) atoms. The van der Waals surface area contributed by atoms with Crippen molar-refractivity contribution in [3.05, 3.63) is 83.2 Å². The number of hydrogen-bond donors (Lipinski definition) is 1. The average Bonchev–Trinajstić information content (AvgIpc) is 3.74. The van der Waals surface area contributed by atoms with Gasteiger partial charge in [-0.3, -0.25) is 4.79 Å². The van der Waals surface area contributed by atoms with Gasteiger partial charge in [0.25, 0.3) is 0 Å². The minimum atomic E-state index is -0.777. The summed E-state index contributed by atoms with van der Waals surface area (Å²) in [5.74, 6) is 0.616. The molecule has 1 N–H and O–H groups in total. The second-order valence-electron chi connectivity index (χ2n) is 11.4. The van der Waals surface area contributed by atoms with E-state index < -0.39 is 5.97 Å². The van der Waals surface area contributed by atoms with E-state index in [0.717, 1.165) is 35.1 Å². The fourth-order valence-electron chi connectivity index (χ4n) is 5.22. The van der Waals surface area contributed by atoms with E-state index in [0.29, 0.717) is 36.2 Å². The topological polar surface area (TPSA) is 65.0 Å². The zero-order valence-electron chi connectivity index (χ0n) is 23.5. The molecule has 2 atom stereocenters. The second kappa shape index (κ2) is 12.2. The van der Waals surface area contributed by atoms with Crippen molar-refractivity contribution in [2.24, 2.45) is 11.3 Å². The molecule has 0 bridgehead atoms. The number of methoxy groups -OCH3 is 1. The van der Waals surface area contributed by atoms with Crippen molar-refractivity contribution in [1.82, 2.24) is 0 Å². The van der Waals surface area contributed by atoms with Crippen LogP contribution in [-0.2, 0) is 16.1 Å². The summed E-state index contributed by atoms with van der Waals surface area (Å²) in [6.45, 7) is 9.13. The molecule has 0 spiro atoms. The van der Waals surface area contributed by atoms with Gasteiger partial charge in [0.15, 0.2) is 0 Å². The Morgan fingerprint density at radius 2 is 1.79 bits per heavy atom. The predicted molar refractivity (Wildman–Crippen MR) is 151 cm³/mol. The van der Waals surface area contributed by atoms with Crippen molar-refractivity contribution in [2.45, 2.75) is 65.6 Å². The molecule has 1 fully saturated rings. The zero-order valence-corrected chi connectivity index (χ0v) is 23.5. The van der Waals surface area contributed by atoms with Crippen molar-refractivity contribution in [1.29, 1.82) is 0 Å². The van der Waals surface area contributed by atoms with Crippen molar-refractivity contribution < 1.29 is 28.5 Å². The van der Waals surface area contributed by atoms with E-state index >= 15 is 4.39 Å². The van der Waals surface area contributed by atoms with Gasteiger partial charge < -0.3 is 19.3 Å². The van der Waals surface area contributed by atoms with Gasteiger partial charge >= 0.3 is 5.97 Å². The van der Waals surface area contributed by atoms with E-state index in [1.54, 1.807) is 19.2 Å². The van der Waals surface area contributed by atoms with Gasteiger partial charge in [-0.2, -0.15) is 0 Å². The first-order chi connectivity index (χ1) is 18.6. The number of carboxylic acid groups (broad SMARTS) is 1. The minimum Gasteiger partial charge on any atom is -0.497 e. The lowest BCUT2D eigenvalue weighted by Gasteiger charge is -2.33. The molecule has 0 radical (unpaired) electrons. The first-order valence-corrected chi connectivity index (χ1v) is 13.6. The molecule has 3 aromatic rings. The predicted octanol–water partition coefficient (Wildman–Crippen LogP) is 8.17. The van der Waals surface area contributed by atoms with E-state index in [1.807, 2.05) is 49.4 Å². The number of carbonyl (C=O) groups is 1. The summed E-state index contributed by atoms with van der Waals surface area (Å²) in [5.41, 5.74) is 3.80. The summed E-state index contributed by atoms with van der Waals surface area (Å²) in [7, 11) is 1.57. The SMILES string of the molecule is CCO[C@H](c1cc(COc2cccc([C@@H](CC(=O)O)C3CC3)c2)ccc1-c1cc(OC)ccc1F)C(C)(C)C. The lowest BCUT2D eigenvalue weighted by molar-refractivity contribution is -0.137. The molecule has 1 saturated carbocycles. The Morgan fingerprint density at radius 1 is 1.03 bits per heavy atom. The highest BCUT2D eigenvalue weighted by molar-refractivity contribution is 5.71. The number of carboxylic acids is 1. The highest BCUT2D eigenvalue weighted by atomic mass is 19.1. The number of benzene rings is 3. The van der Waals surface area contributed by atoms with Crippen LogP contribution in [-0.4, -0.2) is 24.8 Å². The van der Waals surface area contributed by atoms with Gasteiger partial charge in [-0.05, 0) is 95.7 Å². The van der Waals surface area contributed by atoms with Gasteiger partial charge in [0, 0.05) is 12.2 Å². The standard InChI is InChI=1S/C33H39FO5/c1-6-38-32(33(2,3)4)29-16-21(10-14-26(29)28-18-24(37-5)13-15-30(28)34)20-39-25-9-7-8-23(17-25)27(19-31(35)36)22-11-12-22/h7-10,13-18,22,27,32H,6,11-12,19-20H2,1-5H3,(H,35,36)/t27-,32+/m0/s1. The molecule has 1 aliphatic rings. The molecule has 0 aromatic heterocycles. The van der Waals surface area contributed by atoms with Crippen LogP contribution >= 0.6 is 0 Å². The Hall–Kier alpha value is -3.38. The minimum absolute atomic E-state index is 0.00781. The van der Waals surface area contributed by atoms with Crippen LogP contribution in [0, 0.1) is 17.2 Å². The monoisotopic (exact) mass is 534 g/mol. The zero-order chi connectivity index (χ0) is 28.2. The quantitative estimate of drug-likeness (QED) is 0.254. The Morgan fingerprint density at radius 3 is 2.44 bits per heavy atom. The fourth-order valence-corrected chi connectivity index (χ4v) is 5.22. The first kappa shape index (κ1) is 28.6. The molecule has 1 aliphatic carbocycles. The van der Waals surface area contributed by atoms with Crippen molar-refractivity contribution in [3.8, 4) is 22.6 Å². The summed E-state index contributed by atoms with van der Waals surface area (Å²) in [5, 5.41) is 9.39. The number of ether oxygens (including phenoxy) is 3. The first-order valence-electron chi connectivity index (χ1n) is 13.6. The van der Waals surface area contributed by atoms with Crippen LogP contribution in [0.3, 0.4) is 0 Å². The molecule has 4 rings (SSSR count). The summed E-state index contributed by atoms with van der Waals surface area (Å²) < 4.78 is 32.9. The Kier molecular flexibility index (Phi) is 8.96. The molecule has 6 heteroatoms. The van der Waals surface area contributed by atoms with Crippen molar-refractivity contribution in [2.75, 3.05) is 13.7 Å². The van der Waals surface area contributed by atoms with E-state index in [9.17, 15) is 9.90 Å². The maximum atomic E-state index is 15.1. The van der Waals surface area contributed by atoms with Crippen LogP contribution in [0.5, 0.6) is 11.5 Å². The lowest BCUT2D eigenvalue weighted by Crippen LogP contribution is -2.22. The van der Waals surface area contributed by atoms with Crippen LogP contribution in [0.15, 0.2) is 60.7 Å². The van der Waals surface area contributed by atoms with Gasteiger partial charge in [0.05, 0.1) is 19.6 Å². The van der Waals surface area contributed by atoms with E-state index in [2.05, 4.69) is 20.8 Å². The summed E-state index contributed by atoms with van der Waals surface area (Å²) >= 11 is 0. The molecule has 0 saturated heterocycles. The molecular weight excluding hydrogens is 495 g/mol. The number of halogens is 1. The number of hydrogen-bond acceptors (Lipinski definition) is 4. The van der Waals surface area contributed by atoms with Crippen LogP contribution < -0.4 is 9.47 Å².